The number of hydrogen-bond donors (Lipinski definition) is 2. The topological polar surface area (TPSA) is 55.1 Å². The summed E-state index contributed by atoms with van der Waals surface area (Å²) in [5, 5.41) is 2.92. The van der Waals surface area contributed by atoms with Crippen molar-refractivity contribution in [1.29, 1.82) is 0 Å². The van der Waals surface area contributed by atoms with Gasteiger partial charge in [0.2, 0.25) is 5.91 Å². The maximum atomic E-state index is 11.4. The lowest BCUT2D eigenvalue weighted by Gasteiger charge is -2.19. The number of aryl methyl sites for hydroxylation is 1. The Morgan fingerprint density at radius 1 is 1.39 bits per heavy atom. The molecule has 0 aliphatic carbocycles. The molecule has 1 aliphatic rings. The number of rotatable bonds is 4. The Hall–Kier alpha value is -1.16. The molecule has 0 saturated carbocycles. The predicted octanol–water partition coefficient (Wildman–Crippen LogP) is 3.29. The van der Waals surface area contributed by atoms with Crippen LogP contribution in [0.25, 0.3) is 0 Å². The van der Waals surface area contributed by atoms with Gasteiger partial charge >= 0.3 is 0 Å². The molecule has 1 aromatic carbocycles. The van der Waals surface area contributed by atoms with Crippen molar-refractivity contribution in [3.05, 3.63) is 17.7 Å². The fourth-order valence-corrected chi connectivity index (χ4v) is 3.19. The minimum Gasteiger partial charge on any atom is -0.398 e. The van der Waals surface area contributed by atoms with Gasteiger partial charge in [0.05, 0.1) is 0 Å². The zero-order chi connectivity index (χ0) is 13.1. The Kier molecular flexibility index (Phi) is 4.17. The van der Waals surface area contributed by atoms with Crippen LogP contribution in [-0.2, 0) is 11.2 Å². The zero-order valence-electron chi connectivity index (χ0n) is 11.0. The van der Waals surface area contributed by atoms with Gasteiger partial charge in [-0.2, -0.15) is 0 Å². The highest BCUT2D eigenvalue weighted by Crippen LogP contribution is 2.34. The van der Waals surface area contributed by atoms with Crippen molar-refractivity contribution in [3.8, 4) is 0 Å². The van der Waals surface area contributed by atoms with Crippen molar-refractivity contribution in [2.75, 3.05) is 16.8 Å². The molecule has 1 aliphatic heterocycles. The number of carbonyl (C=O) groups excluding carboxylic acids is 1. The lowest BCUT2D eigenvalue weighted by molar-refractivity contribution is -0.116. The molecule has 0 saturated heterocycles. The molecule has 4 heteroatoms. The average Bonchev–Trinajstić information content (AvgIpc) is 2.30. The monoisotopic (exact) mass is 264 g/mol. The third kappa shape index (κ3) is 3.19. The highest BCUT2D eigenvalue weighted by molar-refractivity contribution is 7.99. The second-order valence-corrected chi connectivity index (χ2v) is 6.26. The van der Waals surface area contributed by atoms with Gasteiger partial charge in [-0.1, -0.05) is 13.8 Å². The van der Waals surface area contributed by atoms with Crippen LogP contribution < -0.4 is 11.1 Å². The van der Waals surface area contributed by atoms with Crippen molar-refractivity contribution in [2.45, 2.75) is 38.0 Å². The molecule has 3 nitrogen and oxygen atoms in total. The summed E-state index contributed by atoms with van der Waals surface area (Å²) in [5.74, 6) is 1.87. The number of thioether (sulfide) groups is 1. The van der Waals surface area contributed by atoms with E-state index in [2.05, 4.69) is 19.2 Å². The number of nitrogens with one attached hydrogen (secondary N) is 1. The molecular formula is C14H20N2OS. The van der Waals surface area contributed by atoms with Gasteiger partial charge in [-0.3, -0.25) is 4.79 Å². The van der Waals surface area contributed by atoms with Gasteiger partial charge in [-0.05, 0) is 42.2 Å². The Balaban J connectivity index is 2.11. The van der Waals surface area contributed by atoms with E-state index >= 15 is 0 Å². The second kappa shape index (κ2) is 5.65. The summed E-state index contributed by atoms with van der Waals surface area (Å²) >= 11 is 1.77. The van der Waals surface area contributed by atoms with Crippen molar-refractivity contribution >= 4 is 29.0 Å². The summed E-state index contributed by atoms with van der Waals surface area (Å²) in [7, 11) is 0. The van der Waals surface area contributed by atoms with Crippen LogP contribution >= 0.6 is 11.8 Å². The molecule has 2 rings (SSSR count). The number of anilines is 2. The summed E-state index contributed by atoms with van der Waals surface area (Å²) < 4.78 is 0. The van der Waals surface area contributed by atoms with Gasteiger partial charge in [-0.15, -0.1) is 11.8 Å². The number of fused-ring (bicyclic) bond motifs is 1. The number of carbonyl (C=O) groups is 1. The summed E-state index contributed by atoms with van der Waals surface area (Å²) in [5.41, 5.74) is 8.99. The number of nitrogens with two attached hydrogens (primary N) is 1. The summed E-state index contributed by atoms with van der Waals surface area (Å²) in [6.45, 7) is 4.44. The quantitative estimate of drug-likeness (QED) is 0.648. The molecule has 3 N–H and O–H groups in total. The Morgan fingerprint density at radius 2 is 2.17 bits per heavy atom. The third-order valence-electron chi connectivity index (χ3n) is 3.08. The van der Waals surface area contributed by atoms with Crippen molar-refractivity contribution in [2.24, 2.45) is 5.92 Å². The van der Waals surface area contributed by atoms with Crippen LogP contribution in [0.4, 0.5) is 11.4 Å². The standard InChI is InChI=1S/C14H20N2OS/c1-9(2)5-6-18-13-8-12-10(7-11(13)15)3-4-14(17)16-12/h7-9H,3-6,15H2,1-2H3,(H,16,17). The molecule has 1 aromatic rings. The lowest BCUT2D eigenvalue weighted by Crippen LogP contribution is -2.19. The smallest absolute Gasteiger partial charge is 0.224 e. The van der Waals surface area contributed by atoms with E-state index in [0.29, 0.717) is 12.3 Å². The van der Waals surface area contributed by atoms with Gasteiger partial charge in [0.25, 0.3) is 0 Å². The second-order valence-electron chi connectivity index (χ2n) is 5.13. The first-order valence-electron chi connectivity index (χ1n) is 6.41. The molecule has 1 amide bonds. The van der Waals surface area contributed by atoms with E-state index in [9.17, 15) is 4.79 Å². The highest BCUT2D eigenvalue weighted by Gasteiger charge is 2.16. The molecule has 0 bridgehead atoms. The lowest BCUT2D eigenvalue weighted by atomic mass is 10.0. The van der Waals surface area contributed by atoms with Gasteiger partial charge < -0.3 is 11.1 Å². The fraction of sp³-hybridized carbons (Fsp3) is 0.500. The highest BCUT2D eigenvalue weighted by atomic mass is 32.2. The predicted molar refractivity (Wildman–Crippen MR) is 78.0 cm³/mol. The molecule has 1 heterocycles. The molecule has 0 fully saturated rings. The van der Waals surface area contributed by atoms with E-state index in [4.69, 9.17) is 5.73 Å². The first kappa shape index (κ1) is 13.3. The molecular weight excluding hydrogens is 244 g/mol. The summed E-state index contributed by atoms with van der Waals surface area (Å²) in [4.78, 5) is 12.5. The Labute approximate surface area is 113 Å². The Bertz CT molecular complexity index is 457. The molecule has 0 radical (unpaired) electrons. The van der Waals surface area contributed by atoms with E-state index in [1.54, 1.807) is 11.8 Å². The van der Waals surface area contributed by atoms with Crippen LogP contribution in [0.5, 0.6) is 0 Å². The molecule has 0 atom stereocenters. The largest absolute Gasteiger partial charge is 0.398 e. The van der Waals surface area contributed by atoms with E-state index in [0.717, 1.165) is 34.0 Å². The number of nitrogen functional groups attached to an aromatic ring is 1. The minimum atomic E-state index is 0.102. The van der Waals surface area contributed by atoms with E-state index < -0.39 is 0 Å². The minimum absolute atomic E-state index is 0.102. The summed E-state index contributed by atoms with van der Waals surface area (Å²) in [6.07, 6.45) is 2.53. The molecule has 18 heavy (non-hydrogen) atoms. The Morgan fingerprint density at radius 3 is 2.89 bits per heavy atom. The first-order valence-corrected chi connectivity index (χ1v) is 7.40. The summed E-state index contributed by atoms with van der Waals surface area (Å²) in [6, 6.07) is 4.03. The maximum absolute atomic E-state index is 11.4. The van der Waals surface area contributed by atoms with Gasteiger partial charge in [0.15, 0.2) is 0 Å². The van der Waals surface area contributed by atoms with E-state index in [1.165, 1.54) is 6.42 Å². The van der Waals surface area contributed by atoms with Crippen molar-refractivity contribution < 1.29 is 4.79 Å². The molecule has 0 unspecified atom stereocenters. The molecule has 98 valence electrons. The van der Waals surface area contributed by atoms with Crippen LogP contribution in [0.15, 0.2) is 17.0 Å². The zero-order valence-corrected chi connectivity index (χ0v) is 11.8. The molecule has 0 aromatic heterocycles. The van der Waals surface area contributed by atoms with Gasteiger partial charge in [0.1, 0.15) is 0 Å². The van der Waals surface area contributed by atoms with E-state index in [-0.39, 0.29) is 5.91 Å². The fourth-order valence-electron chi connectivity index (χ4n) is 1.96. The van der Waals surface area contributed by atoms with Gasteiger partial charge in [0, 0.05) is 22.7 Å². The normalized spacial score (nSPS) is 14.5. The van der Waals surface area contributed by atoms with Crippen molar-refractivity contribution in [1.82, 2.24) is 0 Å². The van der Waals surface area contributed by atoms with E-state index in [1.807, 2.05) is 12.1 Å². The van der Waals surface area contributed by atoms with Crippen LogP contribution in [-0.4, -0.2) is 11.7 Å². The number of hydrogen-bond acceptors (Lipinski definition) is 3. The molecule has 0 spiro atoms. The third-order valence-corrected chi connectivity index (χ3v) is 4.19. The SMILES string of the molecule is CC(C)CCSc1cc2c(cc1N)CCC(=O)N2. The van der Waals surface area contributed by atoms with Gasteiger partial charge in [-0.25, -0.2) is 0 Å². The number of amides is 1. The van der Waals surface area contributed by atoms with Crippen LogP contribution in [0.3, 0.4) is 0 Å². The van der Waals surface area contributed by atoms with Crippen LogP contribution in [0.2, 0.25) is 0 Å². The first-order chi connectivity index (χ1) is 8.56. The van der Waals surface area contributed by atoms with Crippen LogP contribution in [0.1, 0.15) is 32.3 Å². The average molecular weight is 264 g/mol. The maximum Gasteiger partial charge on any atom is 0.224 e. The van der Waals surface area contributed by atoms with Crippen molar-refractivity contribution in [3.63, 3.8) is 0 Å². The number of benzene rings is 1. The van der Waals surface area contributed by atoms with Crippen LogP contribution in [0, 0.1) is 5.92 Å².